The molecule has 3 rings (SSSR count). The summed E-state index contributed by atoms with van der Waals surface area (Å²) in [6.07, 6.45) is -4.55. The van der Waals surface area contributed by atoms with Crippen LogP contribution in [-0.4, -0.2) is 17.1 Å². The molecule has 0 saturated heterocycles. The molecule has 0 atom stereocenters. The Hall–Kier alpha value is -2.96. The average Bonchev–Trinajstić information content (AvgIpc) is 2.93. The molecule has 1 heterocycles. The molecule has 0 aliphatic carbocycles. The van der Waals surface area contributed by atoms with Gasteiger partial charge in [-0.05, 0) is 56.7 Å². The summed E-state index contributed by atoms with van der Waals surface area (Å²) in [6.45, 7) is 6.57. The molecule has 0 radical (unpaired) electrons. The van der Waals surface area contributed by atoms with Gasteiger partial charge in [0, 0.05) is 17.4 Å². The number of nitrogens with one attached hydrogen (secondary N) is 1. The monoisotopic (exact) mass is 390 g/mol. The summed E-state index contributed by atoms with van der Waals surface area (Å²) >= 11 is 0. The number of carbonyl (C=O) groups excluding carboxylic acids is 1. The first kappa shape index (κ1) is 19.8. The maximum absolute atomic E-state index is 13.2. The Labute approximate surface area is 160 Å². The van der Waals surface area contributed by atoms with Crippen LogP contribution in [0.1, 0.15) is 35.5 Å². The minimum Gasteiger partial charge on any atom is -0.494 e. The molecule has 2 aromatic carbocycles. The second-order valence-corrected chi connectivity index (χ2v) is 6.33. The van der Waals surface area contributed by atoms with Crippen LogP contribution in [0.15, 0.2) is 42.5 Å². The standard InChI is InChI=1S/C21H21F3N2O2/c1-4-26-18-11-10-14(28-5-2)12-15(18)13(3)19(26)20(27)25-17-9-7-6-8-16(17)21(22,23)24/h6-12H,4-5H2,1-3H3,(H,25,27). The molecule has 7 heteroatoms. The quantitative estimate of drug-likeness (QED) is 0.613. The fourth-order valence-corrected chi connectivity index (χ4v) is 3.40. The molecule has 0 unspecified atom stereocenters. The first-order valence-electron chi connectivity index (χ1n) is 9.01. The highest BCUT2D eigenvalue weighted by Crippen LogP contribution is 2.35. The largest absolute Gasteiger partial charge is 0.494 e. The van der Waals surface area contributed by atoms with Crippen LogP contribution in [0.3, 0.4) is 0 Å². The number of anilines is 1. The summed E-state index contributed by atoms with van der Waals surface area (Å²) < 4.78 is 47.0. The molecule has 148 valence electrons. The highest BCUT2D eigenvalue weighted by Gasteiger charge is 2.34. The lowest BCUT2D eigenvalue weighted by Crippen LogP contribution is -2.20. The Morgan fingerprint density at radius 3 is 2.50 bits per heavy atom. The summed E-state index contributed by atoms with van der Waals surface area (Å²) in [7, 11) is 0. The zero-order valence-corrected chi connectivity index (χ0v) is 15.9. The lowest BCUT2D eigenvalue weighted by Gasteiger charge is -2.15. The minimum atomic E-state index is -4.55. The number of para-hydroxylation sites is 1. The van der Waals surface area contributed by atoms with Gasteiger partial charge in [0.2, 0.25) is 0 Å². The highest BCUT2D eigenvalue weighted by atomic mass is 19.4. The van der Waals surface area contributed by atoms with Crippen LogP contribution in [0, 0.1) is 6.92 Å². The van der Waals surface area contributed by atoms with E-state index in [0.29, 0.717) is 30.2 Å². The molecule has 0 saturated carbocycles. The molecule has 1 aromatic heterocycles. The van der Waals surface area contributed by atoms with E-state index in [9.17, 15) is 18.0 Å². The van der Waals surface area contributed by atoms with Crippen LogP contribution < -0.4 is 10.1 Å². The molecule has 0 aliphatic rings. The lowest BCUT2D eigenvalue weighted by molar-refractivity contribution is -0.136. The summed E-state index contributed by atoms with van der Waals surface area (Å²) in [5.74, 6) is 0.103. The predicted octanol–water partition coefficient (Wildman–Crippen LogP) is 5.64. The van der Waals surface area contributed by atoms with Crippen LogP contribution in [0.25, 0.3) is 10.9 Å². The molecule has 1 N–H and O–H groups in total. The van der Waals surface area contributed by atoms with Crippen molar-refractivity contribution in [3.8, 4) is 5.75 Å². The van der Waals surface area contributed by atoms with Gasteiger partial charge in [-0.15, -0.1) is 0 Å². The van der Waals surface area contributed by atoms with E-state index in [2.05, 4.69) is 5.32 Å². The number of hydrogen-bond donors (Lipinski definition) is 1. The maximum atomic E-state index is 13.2. The zero-order chi connectivity index (χ0) is 20.5. The van der Waals surface area contributed by atoms with Crippen molar-refractivity contribution in [1.29, 1.82) is 0 Å². The number of carbonyl (C=O) groups is 1. The Balaban J connectivity index is 2.06. The third-order valence-electron chi connectivity index (χ3n) is 4.61. The SMILES string of the molecule is CCOc1ccc2c(c1)c(C)c(C(=O)Nc1ccccc1C(F)(F)F)n2CC. The molecule has 28 heavy (non-hydrogen) atoms. The average molecular weight is 390 g/mol. The van der Waals surface area contributed by atoms with Gasteiger partial charge in [0.15, 0.2) is 0 Å². The summed E-state index contributed by atoms with van der Waals surface area (Å²) in [5.41, 5.74) is 0.724. The van der Waals surface area contributed by atoms with Gasteiger partial charge >= 0.3 is 6.18 Å². The van der Waals surface area contributed by atoms with E-state index in [1.165, 1.54) is 18.2 Å². The van der Waals surface area contributed by atoms with Crippen LogP contribution in [0.4, 0.5) is 18.9 Å². The number of aromatic nitrogens is 1. The van der Waals surface area contributed by atoms with E-state index in [1.807, 2.05) is 32.0 Å². The molecule has 0 spiro atoms. The molecular formula is C21H21F3N2O2. The van der Waals surface area contributed by atoms with Crippen molar-refractivity contribution in [2.75, 3.05) is 11.9 Å². The van der Waals surface area contributed by atoms with Gasteiger partial charge in [-0.1, -0.05) is 12.1 Å². The first-order chi connectivity index (χ1) is 13.3. The zero-order valence-electron chi connectivity index (χ0n) is 15.9. The van der Waals surface area contributed by atoms with Crippen LogP contribution >= 0.6 is 0 Å². The van der Waals surface area contributed by atoms with E-state index in [4.69, 9.17) is 4.74 Å². The third-order valence-corrected chi connectivity index (χ3v) is 4.61. The van der Waals surface area contributed by atoms with E-state index in [0.717, 1.165) is 17.0 Å². The van der Waals surface area contributed by atoms with E-state index in [1.54, 1.807) is 11.5 Å². The van der Waals surface area contributed by atoms with Gasteiger partial charge in [-0.2, -0.15) is 13.2 Å². The van der Waals surface area contributed by atoms with Crippen molar-refractivity contribution < 1.29 is 22.7 Å². The molecule has 0 bridgehead atoms. The van der Waals surface area contributed by atoms with E-state index in [-0.39, 0.29) is 5.69 Å². The van der Waals surface area contributed by atoms with Crippen molar-refractivity contribution in [1.82, 2.24) is 4.57 Å². The Kier molecular flexibility index (Phi) is 5.36. The van der Waals surface area contributed by atoms with E-state index >= 15 is 0 Å². The number of aryl methyl sites for hydroxylation is 2. The first-order valence-corrected chi connectivity index (χ1v) is 9.01. The second-order valence-electron chi connectivity index (χ2n) is 6.33. The highest BCUT2D eigenvalue weighted by molar-refractivity contribution is 6.08. The number of fused-ring (bicyclic) bond motifs is 1. The minimum absolute atomic E-state index is 0.262. The normalized spacial score (nSPS) is 11.6. The molecule has 0 aliphatic heterocycles. The number of benzene rings is 2. The number of halogens is 3. The van der Waals surface area contributed by atoms with Gasteiger partial charge in [-0.25, -0.2) is 0 Å². The van der Waals surface area contributed by atoms with Crippen molar-refractivity contribution in [3.05, 3.63) is 59.3 Å². The van der Waals surface area contributed by atoms with E-state index < -0.39 is 17.6 Å². The van der Waals surface area contributed by atoms with Gasteiger partial charge in [-0.3, -0.25) is 4.79 Å². The van der Waals surface area contributed by atoms with Gasteiger partial charge in [0.1, 0.15) is 11.4 Å². The fraction of sp³-hybridized carbons (Fsp3) is 0.286. The van der Waals surface area contributed by atoms with Crippen molar-refractivity contribution in [2.24, 2.45) is 0 Å². The molecule has 1 amide bonds. The predicted molar refractivity (Wildman–Crippen MR) is 103 cm³/mol. The van der Waals surface area contributed by atoms with Crippen LogP contribution in [0.5, 0.6) is 5.75 Å². The second kappa shape index (κ2) is 7.58. The maximum Gasteiger partial charge on any atom is 0.418 e. The lowest BCUT2D eigenvalue weighted by atomic mass is 10.1. The molecule has 3 aromatic rings. The number of rotatable bonds is 5. The smallest absolute Gasteiger partial charge is 0.418 e. The van der Waals surface area contributed by atoms with Crippen LogP contribution in [0.2, 0.25) is 0 Å². The Morgan fingerprint density at radius 2 is 1.86 bits per heavy atom. The topological polar surface area (TPSA) is 43.3 Å². The van der Waals surface area contributed by atoms with Gasteiger partial charge < -0.3 is 14.6 Å². The summed E-state index contributed by atoms with van der Waals surface area (Å²) in [4.78, 5) is 12.9. The van der Waals surface area contributed by atoms with Crippen molar-refractivity contribution >= 4 is 22.5 Å². The molecule has 0 fully saturated rings. The van der Waals surface area contributed by atoms with Gasteiger partial charge in [0.25, 0.3) is 5.91 Å². The number of hydrogen-bond acceptors (Lipinski definition) is 2. The Bertz CT molecular complexity index is 1020. The number of alkyl halides is 3. The summed E-state index contributed by atoms with van der Waals surface area (Å²) in [5, 5.41) is 3.27. The number of ether oxygens (including phenoxy) is 1. The Morgan fingerprint density at radius 1 is 1.14 bits per heavy atom. The van der Waals surface area contributed by atoms with Gasteiger partial charge in [0.05, 0.1) is 17.9 Å². The van der Waals surface area contributed by atoms with Crippen LogP contribution in [-0.2, 0) is 12.7 Å². The fourth-order valence-electron chi connectivity index (χ4n) is 3.40. The van der Waals surface area contributed by atoms with Crippen molar-refractivity contribution in [2.45, 2.75) is 33.5 Å². The number of nitrogens with zero attached hydrogens (tertiary/aromatic N) is 1. The molecule has 4 nitrogen and oxygen atoms in total. The summed E-state index contributed by atoms with van der Waals surface area (Å²) in [6, 6.07) is 10.5. The molecular weight excluding hydrogens is 369 g/mol. The number of amides is 1. The van der Waals surface area contributed by atoms with Crippen molar-refractivity contribution in [3.63, 3.8) is 0 Å². The third kappa shape index (κ3) is 3.56.